The molecule has 1 fully saturated rings. The van der Waals surface area contributed by atoms with Crippen LogP contribution in [0.1, 0.15) is 15.9 Å². The van der Waals surface area contributed by atoms with Gasteiger partial charge in [0.15, 0.2) is 5.60 Å². The van der Waals surface area contributed by atoms with Gasteiger partial charge in [-0.25, -0.2) is 8.78 Å². The van der Waals surface area contributed by atoms with Crippen molar-refractivity contribution < 1.29 is 33.4 Å². The van der Waals surface area contributed by atoms with Crippen molar-refractivity contribution >= 4 is 11.6 Å². The number of hydroxylamine groups is 1. The zero-order chi connectivity index (χ0) is 20.6. The number of hydrogen-bond acceptors (Lipinski definition) is 6. The predicted molar refractivity (Wildman–Crippen MR) is 97.8 cm³/mol. The van der Waals surface area contributed by atoms with E-state index in [1.807, 2.05) is 0 Å². The summed E-state index contributed by atoms with van der Waals surface area (Å²) in [7, 11) is 0. The number of benzene rings is 2. The molecule has 0 radical (unpaired) electrons. The minimum absolute atomic E-state index is 0.00941. The Balaban J connectivity index is 1.63. The van der Waals surface area contributed by atoms with Gasteiger partial charge in [0.05, 0.1) is 36.6 Å². The highest BCUT2D eigenvalue weighted by atomic mass is 19.1. The lowest BCUT2D eigenvalue weighted by molar-refractivity contribution is -0.0765. The Morgan fingerprint density at radius 3 is 2.66 bits per heavy atom. The number of hydrogen-bond donors (Lipinski definition) is 3. The lowest BCUT2D eigenvalue weighted by Crippen LogP contribution is -2.46. The van der Waals surface area contributed by atoms with Crippen LogP contribution in [-0.2, 0) is 9.57 Å². The first-order valence-electron chi connectivity index (χ1n) is 8.89. The summed E-state index contributed by atoms with van der Waals surface area (Å²) < 4.78 is 33.8. The van der Waals surface area contributed by atoms with E-state index in [1.54, 1.807) is 0 Å². The SMILES string of the molecule is O=C(c1ccc(O)cc1O)N1CCOCC2(C=C(c3c(F)cccc3F)NO2)C1. The molecule has 1 amide bonds. The number of ether oxygens (including phenoxy) is 1. The molecule has 2 aromatic carbocycles. The van der Waals surface area contributed by atoms with Crippen LogP contribution >= 0.6 is 0 Å². The van der Waals surface area contributed by atoms with Gasteiger partial charge in [0.2, 0.25) is 0 Å². The summed E-state index contributed by atoms with van der Waals surface area (Å²) in [4.78, 5) is 19.9. The van der Waals surface area contributed by atoms with Crippen LogP contribution in [0.3, 0.4) is 0 Å². The molecule has 7 nitrogen and oxygen atoms in total. The Labute approximate surface area is 164 Å². The molecule has 1 saturated heterocycles. The fraction of sp³-hybridized carbons (Fsp3) is 0.250. The van der Waals surface area contributed by atoms with Crippen LogP contribution < -0.4 is 5.48 Å². The number of phenols is 2. The number of rotatable bonds is 2. The molecule has 3 N–H and O–H groups in total. The molecule has 2 aliphatic heterocycles. The second-order valence-electron chi connectivity index (χ2n) is 6.90. The lowest BCUT2D eigenvalue weighted by atomic mass is 10.0. The van der Waals surface area contributed by atoms with Crippen LogP contribution in [0.2, 0.25) is 0 Å². The van der Waals surface area contributed by atoms with Crippen molar-refractivity contribution in [1.82, 2.24) is 10.4 Å². The van der Waals surface area contributed by atoms with Gasteiger partial charge in [-0.15, -0.1) is 0 Å². The molecule has 9 heteroatoms. The van der Waals surface area contributed by atoms with Gasteiger partial charge in [0.25, 0.3) is 5.91 Å². The zero-order valence-corrected chi connectivity index (χ0v) is 15.2. The second kappa shape index (κ2) is 7.34. The molecule has 29 heavy (non-hydrogen) atoms. The Kier molecular flexibility index (Phi) is 4.85. The molecule has 4 rings (SSSR count). The molecule has 1 spiro atoms. The van der Waals surface area contributed by atoms with Crippen LogP contribution in [0.5, 0.6) is 11.5 Å². The van der Waals surface area contributed by atoms with E-state index in [9.17, 15) is 23.8 Å². The first kappa shape index (κ1) is 19.2. The Bertz CT molecular complexity index is 977. The van der Waals surface area contributed by atoms with Crippen molar-refractivity contribution in [1.29, 1.82) is 0 Å². The van der Waals surface area contributed by atoms with Crippen LogP contribution in [0.15, 0.2) is 42.5 Å². The lowest BCUT2D eigenvalue weighted by Gasteiger charge is -2.28. The molecular formula is C20H18F2N2O5. The number of phenolic OH excluding ortho intramolecular Hbond substituents is 2. The van der Waals surface area contributed by atoms with Crippen molar-refractivity contribution in [3.63, 3.8) is 0 Å². The second-order valence-corrected chi connectivity index (χ2v) is 6.90. The normalized spacial score (nSPS) is 21.6. The number of nitrogens with zero attached hydrogens (tertiary/aromatic N) is 1. The molecule has 152 valence electrons. The monoisotopic (exact) mass is 404 g/mol. The minimum atomic E-state index is -1.16. The van der Waals surface area contributed by atoms with E-state index in [0.29, 0.717) is 0 Å². The molecule has 1 unspecified atom stereocenters. The molecule has 2 heterocycles. The van der Waals surface area contributed by atoms with Crippen LogP contribution in [0.25, 0.3) is 5.70 Å². The first-order valence-corrected chi connectivity index (χ1v) is 8.89. The zero-order valence-electron chi connectivity index (χ0n) is 15.2. The van der Waals surface area contributed by atoms with Gasteiger partial charge >= 0.3 is 0 Å². The van der Waals surface area contributed by atoms with Crippen LogP contribution in [0, 0.1) is 11.6 Å². The largest absolute Gasteiger partial charge is 0.508 e. The summed E-state index contributed by atoms with van der Waals surface area (Å²) in [5, 5.41) is 19.4. The summed E-state index contributed by atoms with van der Waals surface area (Å²) in [5.41, 5.74) is 1.23. The first-order chi connectivity index (χ1) is 13.9. The standard InChI is InChI=1S/C20H18F2N2O5/c21-14-2-1-3-15(22)18(14)16-9-20(29-23-16)10-24(6-7-28-11-20)19(27)13-5-4-12(25)8-17(13)26/h1-5,8-9,23,25-26H,6-7,10-11H2. The third kappa shape index (κ3) is 3.62. The average Bonchev–Trinajstić information content (AvgIpc) is 2.95. The van der Waals surface area contributed by atoms with E-state index in [-0.39, 0.29) is 54.6 Å². The average molecular weight is 404 g/mol. The number of carbonyl (C=O) groups excluding carboxylic acids is 1. The van der Waals surface area contributed by atoms with E-state index in [0.717, 1.165) is 18.2 Å². The molecule has 0 saturated carbocycles. The maximum atomic E-state index is 14.1. The fourth-order valence-electron chi connectivity index (χ4n) is 3.42. The Morgan fingerprint density at radius 2 is 1.93 bits per heavy atom. The van der Waals surface area contributed by atoms with E-state index >= 15 is 0 Å². The van der Waals surface area contributed by atoms with Gasteiger partial charge in [-0.05, 0) is 30.3 Å². The Morgan fingerprint density at radius 1 is 1.17 bits per heavy atom. The maximum Gasteiger partial charge on any atom is 0.257 e. The van der Waals surface area contributed by atoms with Gasteiger partial charge in [0, 0.05) is 12.6 Å². The third-order valence-corrected chi connectivity index (χ3v) is 4.81. The highest BCUT2D eigenvalue weighted by Crippen LogP contribution is 2.32. The van der Waals surface area contributed by atoms with Gasteiger partial charge in [-0.3, -0.25) is 15.1 Å². The van der Waals surface area contributed by atoms with Crippen molar-refractivity contribution in [2.75, 3.05) is 26.3 Å². The number of nitrogens with one attached hydrogen (secondary N) is 1. The van der Waals surface area contributed by atoms with Gasteiger partial charge in [0.1, 0.15) is 23.1 Å². The maximum absolute atomic E-state index is 14.1. The minimum Gasteiger partial charge on any atom is -0.508 e. The summed E-state index contributed by atoms with van der Waals surface area (Å²) in [5.74, 6) is -2.52. The third-order valence-electron chi connectivity index (χ3n) is 4.81. The number of halogens is 2. The number of amides is 1. The van der Waals surface area contributed by atoms with E-state index in [4.69, 9.17) is 9.57 Å². The number of aromatic hydroxyl groups is 2. The van der Waals surface area contributed by atoms with Gasteiger partial charge in [-0.2, -0.15) is 0 Å². The van der Waals surface area contributed by atoms with Crippen molar-refractivity contribution in [2.24, 2.45) is 0 Å². The summed E-state index contributed by atoms with van der Waals surface area (Å²) in [6, 6.07) is 7.22. The topological polar surface area (TPSA) is 91.3 Å². The smallest absolute Gasteiger partial charge is 0.257 e. The van der Waals surface area contributed by atoms with Gasteiger partial charge in [-0.1, -0.05) is 6.07 Å². The predicted octanol–water partition coefficient (Wildman–Crippen LogP) is 2.16. The summed E-state index contributed by atoms with van der Waals surface area (Å²) in [6.45, 7) is 0.526. The highest BCUT2D eigenvalue weighted by Gasteiger charge is 2.42. The van der Waals surface area contributed by atoms with Crippen LogP contribution in [-0.4, -0.2) is 52.9 Å². The Hall–Kier alpha value is -3.17. The molecule has 0 aliphatic carbocycles. The van der Waals surface area contributed by atoms with E-state index < -0.39 is 23.1 Å². The fourth-order valence-corrected chi connectivity index (χ4v) is 3.42. The molecular weight excluding hydrogens is 386 g/mol. The number of carbonyl (C=O) groups is 1. The quantitative estimate of drug-likeness (QED) is 0.711. The molecule has 0 aromatic heterocycles. The van der Waals surface area contributed by atoms with E-state index in [2.05, 4.69) is 5.48 Å². The van der Waals surface area contributed by atoms with Crippen molar-refractivity contribution in [3.8, 4) is 11.5 Å². The molecule has 2 aliphatic rings. The summed E-state index contributed by atoms with van der Waals surface area (Å²) >= 11 is 0. The van der Waals surface area contributed by atoms with Gasteiger partial charge < -0.3 is 19.8 Å². The van der Waals surface area contributed by atoms with Crippen molar-refractivity contribution in [3.05, 3.63) is 65.2 Å². The molecule has 0 bridgehead atoms. The highest BCUT2D eigenvalue weighted by molar-refractivity contribution is 5.97. The van der Waals surface area contributed by atoms with Crippen molar-refractivity contribution in [2.45, 2.75) is 5.60 Å². The van der Waals surface area contributed by atoms with Crippen LogP contribution in [0.4, 0.5) is 8.78 Å². The molecule has 1 atom stereocenters. The summed E-state index contributed by atoms with van der Waals surface area (Å²) in [6.07, 6.45) is 1.50. The molecule has 2 aromatic rings. The van der Waals surface area contributed by atoms with E-state index in [1.165, 1.54) is 29.2 Å².